The topological polar surface area (TPSA) is 91.3 Å². The molecular weight excluding hydrogens is 312 g/mol. The zero-order chi connectivity index (χ0) is 15.8. The van der Waals surface area contributed by atoms with E-state index in [1.807, 2.05) is 0 Å². The summed E-state index contributed by atoms with van der Waals surface area (Å²) in [4.78, 5) is -0.147. The minimum absolute atomic E-state index is 0.0722. The molecule has 0 atom stereocenters. The van der Waals surface area contributed by atoms with Gasteiger partial charge < -0.3 is 18.9 Å². The molecule has 22 heavy (non-hydrogen) atoms. The van der Waals surface area contributed by atoms with Crippen LogP contribution in [0.25, 0.3) is 0 Å². The van der Waals surface area contributed by atoms with Gasteiger partial charge >= 0.3 is 0 Å². The van der Waals surface area contributed by atoms with Crippen molar-refractivity contribution >= 4 is 10.1 Å². The average molecular weight is 332 g/mol. The summed E-state index contributed by atoms with van der Waals surface area (Å²) in [7, 11) is -4.36. The molecule has 2 bridgehead atoms. The number of hydrogen-bond acceptors (Lipinski definition) is 6. The lowest BCUT2D eigenvalue weighted by Gasteiger charge is -2.13. The second-order valence-electron chi connectivity index (χ2n) is 4.71. The molecule has 124 valence electrons. The maximum absolute atomic E-state index is 11.7. The number of hydrogen-bond donors (Lipinski definition) is 1. The van der Waals surface area contributed by atoms with E-state index in [1.54, 1.807) is 18.2 Å². The zero-order valence-electron chi connectivity index (χ0n) is 12.2. The quantitative estimate of drug-likeness (QED) is 0.768. The molecule has 2 rings (SSSR count). The predicted molar refractivity (Wildman–Crippen MR) is 77.2 cm³/mol. The third kappa shape index (κ3) is 5.31. The van der Waals surface area contributed by atoms with E-state index in [0.29, 0.717) is 50.8 Å². The highest BCUT2D eigenvalue weighted by Crippen LogP contribution is 2.22. The van der Waals surface area contributed by atoms with Crippen LogP contribution in [0.2, 0.25) is 0 Å². The van der Waals surface area contributed by atoms with Crippen LogP contribution in [0, 0.1) is 0 Å². The molecule has 0 saturated carbocycles. The van der Waals surface area contributed by atoms with Gasteiger partial charge in [0.2, 0.25) is 0 Å². The standard InChI is InChI=1S/C14H20O7S/c15-22(16,17)14-12-2-1-3-13(14)11-21-9-7-19-5-4-18-6-8-20-10-12/h1-3H,4-11H2,(H,15,16,17). The summed E-state index contributed by atoms with van der Waals surface area (Å²) in [6, 6.07) is 4.92. The van der Waals surface area contributed by atoms with Crippen molar-refractivity contribution in [3.8, 4) is 0 Å². The summed E-state index contributed by atoms with van der Waals surface area (Å²) >= 11 is 0. The van der Waals surface area contributed by atoms with E-state index in [9.17, 15) is 13.0 Å². The van der Waals surface area contributed by atoms with Crippen LogP contribution in [-0.4, -0.2) is 52.6 Å². The first kappa shape index (κ1) is 17.3. The molecule has 1 heterocycles. The van der Waals surface area contributed by atoms with E-state index in [0.717, 1.165) is 0 Å². The lowest BCUT2D eigenvalue weighted by atomic mass is 10.1. The van der Waals surface area contributed by atoms with Crippen molar-refractivity contribution in [2.75, 3.05) is 39.6 Å². The minimum atomic E-state index is -4.36. The molecule has 1 aliphatic heterocycles. The molecule has 0 unspecified atom stereocenters. The summed E-state index contributed by atoms with van der Waals surface area (Å²) < 4.78 is 54.2. The molecule has 0 radical (unpaired) electrons. The van der Waals surface area contributed by atoms with E-state index < -0.39 is 10.1 Å². The first-order chi connectivity index (χ1) is 10.6. The van der Waals surface area contributed by atoms with Crippen LogP contribution in [0.1, 0.15) is 11.1 Å². The van der Waals surface area contributed by atoms with Gasteiger partial charge in [0.15, 0.2) is 0 Å². The van der Waals surface area contributed by atoms with Crippen LogP contribution in [-0.2, 0) is 42.3 Å². The summed E-state index contributed by atoms with van der Waals surface area (Å²) in [5, 5.41) is 0. The Bertz CT molecular complexity index is 538. The van der Waals surface area contributed by atoms with Crippen molar-refractivity contribution in [1.82, 2.24) is 0 Å². The molecule has 1 aliphatic rings. The van der Waals surface area contributed by atoms with E-state index in [2.05, 4.69) is 0 Å². The molecule has 7 nitrogen and oxygen atoms in total. The predicted octanol–water partition coefficient (Wildman–Crippen LogP) is 1.01. The Balaban J connectivity index is 2.20. The van der Waals surface area contributed by atoms with Gasteiger partial charge in [-0.15, -0.1) is 0 Å². The molecule has 0 aliphatic carbocycles. The largest absolute Gasteiger partial charge is 0.377 e. The highest BCUT2D eigenvalue weighted by molar-refractivity contribution is 7.86. The second kappa shape index (κ2) is 8.56. The van der Waals surface area contributed by atoms with Crippen molar-refractivity contribution < 1.29 is 31.9 Å². The summed E-state index contributed by atoms with van der Waals surface area (Å²) in [6.07, 6.45) is 0. The maximum Gasteiger partial charge on any atom is 0.295 e. The molecule has 0 spiro atoms. The Morgan fingerprint density at radius 2 is 1.18 bits per heavy atom. The fraction of sp³-hybridized carbons (Fsp3) is 0.571. The van der Waals surface area contributed by atoms with Gasteiger partial charge in [0, 0.05) is 0 Å². The number of ether oxygens (including phenoxy) is 4. The normalized spacial score (nSPS) is 19.1. The minimum Gasteiger partial charge on any atom is -0.377 e. The van der Waals surface area contributed by atoms with Gasteiger partial charge in [-0.25, -0.2) is 0 Å². The van der Waals surface area contributed by atoms with Crippen LogP contribution in [0.5, 0.6) is 0 Å². The Morgan fingerprint density at radius 3 is 1.59 bits per heavy atom. The van der Waals surface area contributed by atoms with Gasteiger partial charge in [-0.1, -0.05) is 18.2 Å². The van der Waals surface area contributed by atoms with Crippen LogP contribution in [0.15, 0.2) is 23.1 Å². The first-order valence-electron chi connectivity index (χ1n) is 6.98. The van der Waals surface area contributed by atoms with Crippen molar-refractivity contribution in [3.63, 3.8) is 0 Å². The Labute approximate surface area is 129 Å². The highest BCUT2D eigenvalue weighted by Gasteiger charge is 2.20. The van der Waals surface area contributed by atoms with Crippen LogP contribution < -0.4 is 0 Å². The molecule has 8 heteroatoms. The molecule has 0 saturated heterocycles. The molecule has 0 aromatic heterocycles. The lowest BCUT2D eigenvalue weighted by molar-refractivity contribution is -0.00523. The first-order valence-corrected chi connectivity index (χ1v) is 8.42. The Morgan fingerprint density at radius 1 is 0.773 bits per heavy atom. The van der Waals surface area contributed by atoms with Crippen molar-refractivity contribution in [1.29, 1.82) is 0 Å². The van der Waals surface area contributed by atoms with Gasteiger partial charge in [0.1, 0.15) is 4.90 Å². The van der Waals surface area contributed by atoms with Gasteiger partial charge in [0.25, 0.3) is 10.1 Å². The average Bonchev–Trinajstić information content (AvgIpc) is 2.47. The lowest BCUT2D eigenvalue weighted by Crippen LogP contribution is -2.11. The van der Waals surface area contributed by atoms with Crippen molar-refractivity contribution in [2.45, 2.75) is 18.1 Å². The molecule has 1 N–H and O–H groups in total. The van der Waals surface area contributed by atoms with E-state index in [-0.39, 0.29) is 18.1 Å². The fourth-order valence-corrected chi connectivity index (χ4v) is 3.04. The van der Waals surface area contributed by atoms with Crippen molar-refractivity contribution in [2.24, 2.45) is 0 Å². The van der Waals surface area contributed by atoms with Crippen LogP contribution in [0.3, 0.4) is 0 Å². The third-order valence-corrected chi connectivity index (χ3v) is 4.11. The van der Waals surface area contributed by atoms with Crippen molar-refractivity contribution in [3.05, 3.63) is 29.3 Å². The number of fused-ring (bicyclic) bond motifs is 2. The molecule has 1 aromatic rings. The summed E-state index contributed by atoms with van der Waals surface area (Å²) in [5.74, 6) is 0. The molecule has 1 aromatic carbocycles. The monoisotopic (exact) mass is 332 g/mol. The van der Waals surface area contributed by atoms with Crippen LogP contribution in [0.4, 0.5) is 0 Å². The molecule has 0 amide bonds. The van der Waals surface area contributed by atoms with Gasteiger partial charge in [0.05, 0.1) is 52.9 Å². The maximum atomic E-state index is 11.7. The summed E-state index contributed by atoms with van der Waals surface area (Å²) in [6.45, 7) is 2.51. The molecular formula is C14H20O7S. The SMILES string of the molecule is O=S(=O)(O)c1c2cccc1COCCOCCOCCOC2. The van der Waals surface area contributed by atoms with E-state index >= 15 is 0 Å². The summed E-state index contributed by atoms with van der Waals surface area (Å²) in [5.41, 5.74) is 0.796. The van der Waals surface area contributed by atoms with E-state index in [1.165, 1.54) is 0 Å². The van der Waals surface area contributed by atoms with Gasteiger partial charge in [-0.05, 0) is 11.1 Å². The number of rotatable bonds is 1. The zero-order valence-corrected chi connectivity index (χ0v) is 13.0. The van der Waals surface area contributed by atoms with Gasteiger partial charge in [-0.2, -0.15) is 8.42 Å². The van der Waals surface area contributed by atoms with Crippen LogP contribution >= 0.6 is 0 Å². The third-order valence-electron chi connectivity index (χ3n) is 3.07. The second-order valence-corrected chi connectivity index (χ2v) is 6.07. The molecule has 0 fully saturated rings. The highest BCUT2D eigenvalue weighted by atomic mass is 32.2. The Kier molecular flexibility index (Phi) is 6.74. The number of benzene rings is 1. The smallest absolute Gasteiger partial charge is 0.295 e. The fourth-order valence-electron chi connectivity index (χ4n) is 2.12. The Hall–Kier alpha value is -1.03. The van der Waals surface area contributed by atoms with Gasteiger partial charge in [-0.3, -0.25) is 4.55 Å². The van der Waals surface area contributed by atoms with E-state index in [4.69, 9.17) is 18.9 Å².